The van der Waals surface area contributed by atoms with Gasteiger partial charge in [0.15, 0.2) is 11.5 Å². The van der Waals surface area contributed by atoms with Crippen molar-refractivity contribution >= 4 is 22.9 Å². The second kappa shape index (κ2) is 4.53. The number of rotatable bonds is 3. The fraction of sp³-hybridized carbons (Fsp3) is 0.250. The summed E-state index contributed by atoms with van der Waals surface area (Å²) in [5.41, 5.74) is 11.9. The molecule has 0 aromatic carbocycles. The molecule has 2 heterocycles. The Morgan fingerprint density at radius 3 is 2.81 bits per heavy atom. The smallest absolute Gasteiger partial charge is 0.219 e. The Morgan fingerprint density at radius 1 is 1.38 bits per heavy atom. The van der Waals surface area contributed by atoms with E-state index in [1.54, 1.807) is 10.9 Å². The lowest BCUT2D eigenvalue weighted by molar-refractivity contribution is -0.118. The van der Waals surface area contributed by atoms with Crippen molar-refractivity contribution in [3.8, 4) is 0 Å². The van der Waals surface area contributed by atoms with Gasteiger partial charge in [-0.25, -0.2) is 15.0 Å². The Balaban J connectivity index is 0.00000128. The van der Waals surface area contributed by atoms with Crippen LogP contribution in [0.2, 0.25) is 0 Å². The fourth-order valence-corrected chi connectivity index (χ4v) is 1.33. The number of carbonyl (C=O) groups is 1. The maximum absolute atomic E-state index is 10.6. The van der Waals surface area contributed by atoms with E-state index >= 15 is 0 Å². The Morgan fingerprint density at radius 2 is 2.12 bits per heavy atom. The number of nitrogen functional groups attached to an aromatic ring is 1. The quantitative estimate of drug-likeness (QED) is 0.648. The third kappa shape index (κ3) is 2.06. The summed E-state index contributed by atoms with van der Waals surface area (Å²) in [6.07, 6.45) is 3.15. The van der Waals surface area contributed by atoms with Crippen LogP contribution in [0.25, 0.3) is 11.2 Å². The van der Waals surface area contributed by atoms with Crippen LogP contribution in [0, 0.1) is 0 Å². The molecule has 2 rings (SSSR count). The van der Waals surface area contributed by atoms with Crippen molar-refractivity contribution in [2.75, 3.05) is 5.73 Å². The molecule has 0 bridgehead atoms. The lowest BCUT2D eigenvalue weighted by Crippen LogP contribution is -2.13. The Hall–Kier alpha value is -2.22. The predicted molar refractivity (Wildman–Crippen MR) is 57.2 cm³/mol. The van der Waals surface area contributed by atoms with E-state index < -0.39 is 0 Å². The number of aromatic nitrogens is 4. The molecule has 0 aliphatic heterocycles. The molecule has 1 amide bonds. The fourth-order valence-electron chi connectivity index (χ4n) is 1.33. The van der Waals surface area contributed by atoms with Crippen molar-refractivity contribution in [1.29, 1.82) is 0 Å². The number of nitrogens with two attached hydrogens (primary N) is 2. The average Bonchev–Trinajstić information content (AvgIpc) is 2.59. The molecule has 0 fully saturated rings. The summed E-state index contributed by atoms with van der Waals surface area (Å²) in [6.45, 7) is 0.434. The number of fused-ring (bicyclic) bond motifs is 1. The summed E-state index contributed by atoms with van der Waals surface area (Å²) in [4.78, 5) is 22.5. The van der Waals surface area contributed by atoms with Crippen molar-refractivity contribution in [2.45, 2.75) is 13.0 Å². The molecule has 0 saturated heterocycles. The van der Waals surface area contributed by atoms with Crippen molar-refractivity contribution in [3.63, 3.8) is 0 Å². The molecule has 8 nitrogen and oxygen atoms in total. The van der Waals surface area contributed by atoms with E-state index in [0.717, 1.165) is 0 Å². The normalized spacial score (nSPS) is 10.0. The maximum atomic E-state index is 10.6. The number of carbonyl (C=O) groups excluding carboxylic acids is 1. The monoisotopic (exact) mass is 224 g/mol. The molecule has 0 saturated carbocycles. The second-order valence-corrected chi connectivity index (χ2v) is 3.09. The third-order valence-electron chi connectivity index (χ3n) is 2.04. The van der Waals surface area contributed by atoms with Crippen LogP contribution in [0.15, 0.2) is 12.7 Å². The zero-order valence-electron chi connectivity index (χ0n) is 8.42. The Kier molecular flexibility index (Phi) is 3.36. The summed E-state index contributed by atoms with van der Waals surface area (Å²) in [5, 5.41) is 0. The summed E-state index contributed by atoms with van der Waals surface area (Å²) in [5.74, 6) is -0.0192. The van der Waals surface area contributed by atoms with Gasteiger partial charge >= 0.3 is 0 Å². The highest BCUT2D eigenvalue weighted by Crippen LogP contribution is 2.15. The van der Waals surface area contributed by atoms with Crippen molar-refractivity contribution in [1.82, 2.24) is 19.5 Å². The van der Waals surface area contributed by atoms with Gasteiger partial charge in [0.05, 0.1) is 6.33 Å². The summed E-state index contributed by atoms with van der Waals surface area (Å²) in [7, 11) is 0. The van der Waals surface area contributed by atoms with E-state index in [2.05, 4.69) is 15.0 Å². The van der Waals surface area contributed by atoms with Gasteiger partial charge in [-0.15, -0.1) is 0 Å². The van der Waals surface area contributed by atoms with Crippen LogP contribution in [0.4, 0.5) is 5.82 Å². The Bertz CT molecular complexity index is 508. The number of hydrogen-bond acceptors (Lipinski definition) is 5. The van der Waals surface area contributed by atoms with Gasteiger partial charge in [0.2, 0.25) is 5.91 Å². The molecule has 0 radical (unpaired) electrons. The molecule has 0 unspecified atom stereocenters. The van der Waals surface area contributed by atoms with Gasteiger partial charge in [-0.05, 0) is 0 Å². The molecule has 86 valence electrons. The van der Waals surface area contributed by atoms with Crippen LogP contribution >= 0.6 is 0 Å². The van der Waals surface area contributed by atoms with Gasteiger partial charge in [-0.3, -0.25) is 4.79 Å². The van der Waals surface area contributed by atoms with Crippen LogP contribution in [-0.2, 0) is 11.3 Å². The van der Waals surface area contributed by atoms with Crippen LogP contribution in [0.3, 0.4) is 0 Å². The van der Waals surface area contributed by atoms with Gasteiger partial charge in [-0.2, -0.15) is 0 Å². The lowest BCUT2D eigenvalue weighted by Gasteiger charge is -2.02. The molecule has 2 aromatic heterocycles. The highest BCUT2D eigenvalue weighted by molar-refractivity contribution is 5.81. The minimum atomic E-state index is -0.368. The van der Waals surface area contributed by atoms with E-state index in [1.807, 2.05) is 0 Å². The molecule has 0 atom stereocenters. The number of aryl methyl sites for hydroxylation is 1. The van der Waals surface area contributed by atoms with E-state index in [9.17, 15) is 4.79 Å². The summed E-state index contributed by atoms with van der Waals surface area (Å²) >= 11 is 0. The zero-order valence-corrected chi connectivity index (χ0v) is 8.42. The van der Waals surface area contributed by atoms with Gasteiger partial charge in [-0.1, -0.05) is 0 Å². The van der Waals surface area contributed by atoms with Crippen LogP contribution in [0.5, 0.6) is 0 Å². The number of nitrogens with zero attached hydrogens (tertiary/aromatic N) is 4. The number of primary amides is 1. The van der Waals surface area contributed by atoms with Crippen molar-refractivity contribution in [3.05, 3.63) is 12.7 Å². The number of hydrogen-bond donors (Lipinski definition) is 2. The number of anilines is 1. The van der Waals surface area contributed by atoms with Gasteiger partial charge < -0.3 is 21.5 Å². The van der Waals surface area contributed by atoms with E-state index in [0.29, 0.717) is 23.5 Å². The minimum absolute atomic E-state index is 0. The van der Waals surface area contributed by atoms with Crippen molar-refractivity contribution in [2.24, 2.45) is 5.73 Å². The Labute approximate surface area is 90.6 Å². The molecule has 6 N–H and O–H groups in total. The SMILES string of the molecule is NC(=O)CCn1cnc2ncnc(N)c21.O. The molecule has 2 aromatic rings. The number of imidazole rings is 1. The molecule has 0 aliphatic rings. The van der Waals surface area contributed by atoms with Crippen LogP contribution in [0.1, 0.15) is 6.42 Å². The standard InChI is InChI=1S/C8H10N6O.H2O/c9-5(15)1-2-14-4-13-8-6(14)7(10)11-3-12-8;/h3-4H,1-2H2,(H2,9,15)(H2,10,11,12);1H2. The van der Waals surface area contributed by atoms with Crippen molar-refractivity contribution < 1.29 is 10.3 Å². The van der Waals surface area contributed by atoms with Crippen LogP contribution < -0.4 is 11.5 Å². The largest absolute Gasteiger partial charge is 0.412 e. The lowest BCUT2D eigenvalue weighted by atomic mass is 10.4. The number of amides is 1. The first-order valence-electron chi connectivity index (χ1n) is 4.38. The second-order valence-electron chi connectivity index (χ2n) is 3.09. The zero-order chi connectivity index (χ0) is 10.8. The highest BCUT2D eigenvalue weighted by atomic mass is 16.1. The topological polar surface area (TPSA) is 144 Å². The van der Waals surface area contributed by atoms with E-state index in [-0.39, 0.29) is 17.8 Å². The van der Waals surface area contributed by atoms with Gasteiger partial charge in [0.1, 0.15) is 11.8 Å². The average molecular weight is 224 g/mol. The molecule has 8 heteroatoms. The molecular weight excluding hydrogens is 212 g/mol. The van der Waals surface area contributed by atoms with Gasteiger partial charge in [0.25, 0.3) is 0 Å². The van der Waals surface area contributed by atoms with Crippen LogP contribution in [-0.4, -0.2) is 30.9 Å². The molecule has 0 aliphatic carbocycles. The molecule has 0 spiro atoms. The van der Waals surface area contributed by atoms with Gasteiger partial charge in [0, 0.05) is 13.0 Å². The van der Waals surface area contributed by atoms with E-state index in [1.165, 1.54) is 6.33 Å². The summed E-state index contributed by atoms with van der Waals surface area (Å²) < 4.78 is 1.72. The minimum Gasteiger partial charge on any atom is -0.412 e. The highest BCUT2D eigenvalue weighted by Gasteiger charge is 2.08. The van der Waals surface area contributed by atoms with E-state index in [4.69, 9.17) is 11.5 Å². The third-order valence-corrected chi connectivity index (χ3v) is 2.04. The first-order chi connectivity index (χ1) is 7.18. The molecular formula is C8H12N6O2. The first kappa shape index (κ1) is 11.9. The predicted octanol–water partition coefficient (Wildman–Crippen LogP) is -1.54. The first-order valence-corrected chi connectivity index (χ1v) is 4.38. The summed E-state index contributed by atoms with van der Waals surface area (Å²) in [6, 6.07) is 0. The molecule has 16 heavy (non-hydrogen) atoms. The maximum Gasteiger partial charge on any atom is 0.219 e.